The highest BCUT2D eigenvalue weighted by molar-refractivity contribution is 5.76. The lowest BCUT2D eigenvalue weighted by molar-refractivity contribution is -0.143. The fourth-order valence-electron chi connectivity index (χ4n) is 6.99. The number of hydrogen-bond donors (Lipinski definition) is 3. The Bertz CT molecular complexity index is 973. The van der Waals surface area contributed by atoms with E-state index in [0.717, 1.165) is 83.5 Å². The maximum Gasteiger partial charge on any atom is 0.305 e. The van der Waals surface area contributed by atoms with Gasteiger partial charge in [0, 0.05) is 12.8 Å². The van der Waals surface area contributed by atoms with Crippen molar-refractivity contribution >= 4 is 11.9 Å². The first kappa shape index (κ1) is 54.8. The number of aliphatic hydroxyl groups is 2. The minimum atomic E-state index is -0.854. The Morgan fingerprint density at radius 1 is 0.491 bits per heavy atom. The van der Waals surface area contributed by atoms with Gasteiger partial charge in [-0.3, -0.25) is 9.59 Å². The van der Waals surface area contributed by atoms with Gasteiger partial charge in [0.05, 0.1) is 25.4 Å². The molecule has 1 amide bonds. The zero-order valence-electron chi connectivity index (χ0n) is 37.6. The van der Waals surface area contributed by atoms with E-state index in [9.17, 15) is 19.8 Å². The molecule has 0 spiro atoms. The van der Waals surface area contributed by atoms with E-state index in [1.165, 1.54) is 128 Å². The van der Waals surface area contributed by atoms with Crippen molar-refractivity contribution in [2.45, 2.75) is 251 Å². The molecule has 0 radical (unpaired) electrons. The van der Waals surface area contributed by atoms with Crippen LogP contribution in [0.2, 0.25) is 0 Å². The highest BCUT2D eigenvalue weighted by atomic mass is 16.5. The molecule has 0 saturated carbocycles. The number of esters is 1. The Balaban J connectivity index is 3.56. The SMILES string of the molecule is CCCC/C=C\CCCCCCCC(=O)OCCCCC/C=C\C/C=C\CCCCCCCCCC(=O)NC(CO)C(O)/C=C/CCCCCCCCCCCC. The highest BCUT2D eigenvalue weighted by Crippen LogP contribution is 2.14. The Morgan fingerprint density at radius 2 is 0.895 bits per heavy atom. The van der Waals surface area contributed by atoms with E-state index in [1.54, 1.807) is 6.08 Å². The first-order chi connectivity index (χ1) is 28.0. The van der Waals surface area contributed by atoms with Gasteiger partial charge in [0.1, 0.15) is 0 Å². The van der Waals surface area contributed by atoms with Crippen molar-refractivity contribution in [2.75, 3.05) is 13.2 Å². The molecule has 0 saturated heterocycles. The van der Waals surface area contributed by atoms with Crippen LogP contribution in [-0.2, 0) is 14.3 Å². The molecule has 0 heterocycles. The van der Waals surface area contributed by atoms with Crippen molar-refractivity contribution < 1.29 is 24.5 Å². The van der Waals surface area contributed by atoms with E-state index in [1.807, 2.05) is 6.08 Å². The van der Waals surface area contributed by atoms with Gasteiger partial charge in [-0.2, -0.15) is 0 Å². The van der Waals surface area contributed by atoms with Crippen molar-refractivity contribution in [1.82, 2.24) is 5.32 Å². The molecule has 6 heteroatoms. The van der Waals surface area contributed by atoms with Crippen molar-refractivity contribution in [3.05, 3.63) is 48.6 Å². The van der Waals surface area contributed by atoms with E-state index in [2.05, 4.69) is 55.6 Å². The lowest BCUT2D eigenvalue weighted by atomic mass is 10.1. The van der Waals surface area contributed by atoms with Crippen molar-refractivity contribution in [3.63, 3.8) is 0 Å². The standard InChI is InChI=1S/C51H93NO5/c1-3-5-7-9-11-13-15-24-27-31-35-39-43-49(54)48(47-53)52-50(55)44-40-36-32-28-25-21-19-17-16-18-20-22-26-30-34-38-42-46-57-51(56)45-41-37-33-29-23-14-12-10-8-6-4-2/h10,12,16,18,22,26,39,43,48-49,53-54H,3-9,11,13-15,17,19-21,23-25,27-38,40-42,44-47H2,1-2H3,(H,52,55)/b12-10-,18-16-,26-22-,43-39+. The molecular weight excluding hydrogens is 707 g/mol. The van der Waals surface area contributed by atoms with Crippen LogP contribution in [0.15, 0.2) is 48.6 Å². The van der Waals surface area contributed by atoms with Crippen molar-refractivity contribution in [1.29, 1.82) is 0 Å². The third kappa shape index (κ3) is 43.2. The second-order valence-corrected chi connectivity index (χ2v) is 16.4. The van der Waals surface area contributed by atoms with Crippen LogP contribution < -0.4 is 5.32 Å². The first-order valence-corrected chi connectivity index (χ1v) is 24.4. The van der Waals surface area contributed by atoms with Gasteiger partial charge in [-0.25, -0.2) is 0 Å². The van der Waals surface area contributed by atoms with Gasteiger partial charge < -0.3 is 20.3 Å². The summed E-state index contributed by atoms with van der Waals surface area (Å²) in [5, 5.41) is 23.0. The predicted molar refractivity (Wildman–Crippen MR) is 245 cm³/mol. The topological polar surface area (TPSA) is 95.9 Å². The maximum absolute atomic E-state index is 12.4. The normalized spacial score (nSPS) is 13.1. The van der Waals surface area contributed by atoms with Crippen LogP contribution in [0.3, 0.4) is 0 Å². The number of carbonyl (C=O) groups excluding carboxylic acids is 2. The number of hydrogen-bond acceptors (Lipinski definition) is 5. The average Bonchev–Trinajstić information content (AvgIpc) is 3.21. The van der Waals surface area contributed by atoms with E-state index in [-0.39, 0.29) is 18.5 Å². The van der Waals surface area contributed by atoms with E-state index >= 15 is 0 Å². The second-order valence-electron chi connectivity index (χ2n) is 16.4. The molecule has 3 N–H and O–H groups in total. The molecular formula is C51H93NO5. The number of amides is 1. The number of ether oxygens (including phenoxy) is 1. The average molecular weight is 800 g/mol. The van der Waals surface area contributed by atoms with Crippen LogP contribution in [0.4, 0.5) is 0 Å². The molecule has 6 nitrogen and oxygen atoms in total. The lowest BCUT2D eigenvalue weighted by Crippen LogP contribution is -2.45. The van der Waals surface area contributed by atoms with Crippen LogP contribution >= 0.6 is 0 Å². The summed E-state index contributed by atoms with van der Waals surface area (Å²) in [5.41, 5.74) is 0. The Kier molecular flexibility index (Phi) is 44.7. The van der Waals surface area contributed by atoms with Crippen LogP contribution in [-0.4, -0.2) is 47.4 Å². The molecule has 0 aliphatic carbocycles. The number of aliphatic hydroxyl groups excluding tert-OH is 2. The summed E-state index contributed by atoms with van der Waals surface area (Å²) in [6, 6.07) is -0.639. The lowest BCUT2D eigenvalue weighted by Gasteiger charge is -2.20. The quantitative estimate of drug-likeness (QED) is 0.0324. The number of allylic oxidation sites excluding steroid dienone is 7. The van der Waals surface area contributed by atoms with Gasteiger partial charge in [-0.1, -0.05) is 184 Å². The molecule has 0 aromatic heterocycles. The Hall–Kier alpha value is -2.18. The minimum Gasteiger partial charge on any atom is -0.466 e. The summed E-state index contributed by atoms with van der Waals surface area (Å²) in [7, 11) is 0. The molecule has 0 rings (SSSR count). The maximum atomic E-state index is 12.4. The van der Waals surface area contributed by atoms with Gasteiger partial charge >= 0.3 is 5.97 Å². The molecule has 0 aromatic carbocycles. The Morgan fingerprint density at radius 3 is 1.40 bits per heavy atom. The summed E-state index contributed by atoms with van der Waals surface area (Å²) >= 11 is 0. The molecule has 0 aliphatic heterocycles. The van der Waals surface area contributed by atoms with Gasteiger partial charge in [-0.05, 0) is 89.9 Å². The van der Waals surface area contributed by atoms with E-state index in [4.69, 9.17) is 4.74 Å². The smallest absolute Gasteiger partial charge is 0.305 e. The highest BCUT2D eigenvalue weighted by Gasteiger charge is 2.18. The van der Waals surface area contributed by atoms with Crippen LogP contribution in [0.25, 0.3) is 0 Å². The fraction of sp³-hybridized carbons (Fsp3) is 0.804. The number of rotatable bonds is 44. The summed E-state index contributed by atoms with van der Waals surface area (Å²) in [6.45, 7) is 4.79. The summed E-state index contributed by atoms with van der Waals surface area (Å²) in [6.07, 6.45) is 56.8. The van der Waals surface area contributed by atoms with Gasteiger partial charge in [0.2, 0.25) is 5.91 Å². The third-order valence-electron chi connectivity index (χ3n) is 10.8. The molecule has 0 fully saturated rings. The fourth-order valence-corrected chi connectivity index (χ4v) is 6.99. The van der Waals surface area contributed by atoms with Crippen molar-refractivity contribution in [3.8, 4) is 0 Å². The summed E-state index contributed by atoms with van der Waals surface area (Å²) < 4.78 is 5.41. The zero-order valence-corrected chi connectivity index (χ0v) is 37.6. The third-order valence-corrected chi connectivity index (χ3v) is 10.8. The Labute approximate surface area is 353 Å². The summed E-state index contributed by atoms with van der Waals surface area (Å²) in [5.74, 6) is -0.116. The molecule has 2 unspecified atom stereocenters. The van der Waals surface area contributed by atoms with Crippen molar-refractivity contribution in [2.24, 2.45) is 0 Å². The minimum absolute atomic E-state index is 0.0288. The van der Waals surface area contributed by atoms with Crippen LogP contribution in [0, 0.1) is 0 Å². The second kappa shape index (κ2) is 46.5. The number of unbranched alkanes of at least 4 members (excludes halogenated alkanes) is 27. The zero-order chi connectivity index (χ0) is 41.5. The monoisotopic (exact) mass is 800 g/mol. The molecule has 0 aromatic rings. The largest absolute Gasteiger partial charge is 0.466 e. The molecule has 2 atom stereocenters. The molecule has 0 aliphatic rings. The van der Waals surface area contributed by atoms with E-state index < -0.39 is 12.1 Å². The predicted octanol–water partition coefficient (Wildman–Crippen LogP) is 14.3. The van der Waals surface area contributed by atoms with Gasteiger partial charge in [-0.15, -0.1) is 0 Å². The number of nitrogens with one attached hydrogen (secondary N) is 1. The summed E-state index contributed by atoms with van der Waals surface area (Å²) in [4.78, 5) is 24.3. The van der Waals surface area contributed by atoms with Crippen LogP contribution in [0.1, 0.15) is 239 Å². The van der Waals surface area contributed by atoms with Gasteiger partial charge in [0.15, 0.2) is 0 Å². The van der Waals surface area contributed by atoms with Crippen LogP contribution in [0.5, 0.6) is 0 Å². The van der Waals surface area contributed by atoms with Gasteiger partial charge in [0.25, 0.3) is 0 Å². The molecule has 0 bridgehead atoms. The molecule has 332 valence electrons. The number of carbonyl (C=O) groups is 2. The first-order valence-electron chi connectivity index (χ1n) is 24.4. The molecule has 57 heavy (non-hydrogen) atoms. The van der Waals surface area contributed by atoms with E-state index in [0.29, 0.717) is 19.4 Å².